The molecule has 0 aromatic heterocycles. The van der Waals surface area contributed by atoms with Gasteiger partial charge in [0.2, 0.25) is 0 Å². The standard InChI is InChI=1S/C23H22S2/c1-4-10-20(11-5-1)16-17-23(25-22-14-8-3-9-15-22)18-19-24-21-12-6-2-7-13-21/h1-15,18H,16-17,19H2/b23-18-. The Balaban J connectivity index is 1.63. The molecule has 0 fully saturated rings. The van der Waals surface area contributed by atoms with Crippen LogP contribution in [0, 0.1) is 0 Å². The number of thioether (sulfide) groups is 2. The Bertz CT molecular complexity index is 765. The second kappa shape index (κ2) is 10.2. The molecule has 0 bridgehead atoms. The summed E-state index contributed by atoms with van der Waals surface area (Å²) in [6.45, 7) is 0. The van der Waals surface area contributed by atoms with E-state index in [1.807, 2.05) is 23.5 Å². The van der Waals surface area contributed by atoms with Crippen molar-refractivity contribution >= 4 is 23.5 Å². The SMILES string of the molecule is C(/CSc1ccccc1)=C(\CCc1ccccc1)Sc1ccccc1. The van der Waals surface area contributed by atoms with Crippen molar-refractivity contribution in [2.75, 3.05) is 5.75 Å². The Morgan fingerprint density at radius 3 is 1.88 bits per heavy atom. The molecule has 25 heavy (non-hydrogen) atoms. The van der Waals surface area contributed by atoms with Gasteiger partial charge in [0.25, 0.3) is 0 Å². The molecule has 3 aromatic carbocycles. The minimum atomic E-state index is 1.01. The van der Waals surface area contributed by atoms with Crippen LogP contribution in [-0.4, -0.2) is 5.75 Å². The van der Waals surface area contributed by atoms with Gasteiger partial charge in [-0.1, -0.05) is 84.6 Å². The molecular formula is C23H22S2. The molecule has 126 valence electrons. The number of hydrogen-bond acceptors (Lipinski definition) is 2. The van der Waals surface area contributed by atoms with Crippen molar-refractivity contribution in [3.8, 4) is 0 Å². The zero-order chi connectivity index (χ0) is 17.2. The molecule has 0 N–H and O–H groups in total. The van der Waals surface area contributed by atoms with Gasteiger partial charge in [-0.15, -0.1) is 11.8 Å². The smallest absolute Gasteiger partial charge is 0.0171 e. The third-order valence-electron chi connectivity index (χ3n) is 3.80. The van der Waals surface area contributed by atoms with Gasteiger partial charge in [-0.2, -0.15) is 0 Å². The van der Waals surface area contributed by atoms with Gasteiger partial charge in [0.05, 0.1) is 0 Å². The Morgan fingerprint density at radius 1 is 0.680 bits per heavy atom. The van der Waals surface area contributed by atoms with Gasteiger partial charge in [-0.3, -0.25) is 0 Å². The maximum absolute atomic E-state index is 2.39. The van der Waals surface area contributed by atoms with Crippen LogP contribution in [0.3, 0.4) is 0 Å². The highest BCUT2D eigenvalue weighted by Gasteiger charge is 2.03. The van der Waals surface area contributed by atoms with Crippen molar-refractivity contribution in [1.29, 1.82) is 0 Å². The largest absolute Gasteiger partial charge is 0.122 e. The van der Waals surface area contributed by atoms with Gasteiger partial charge in [-0.25, -0.2) is 0 Å². The van der Waals surface area contributed by atoms with E-state index in [4.69, 9.17) is 0 Å². The molecule has 0 aliphatic heterocycles. The average Bonchev–Trinajstić information content (AvgIpc) is 2.68. The van der Waals surface area contributed by atoms with E-state index in [2.05, 4.69) is 97.1 Å². The van der Waals surface area contributed by atoms with Gasteiger partial charge < -0.3 is 0 Å². The first-order chi connectivity index (χ1) is 12.4. The van der Waals surface area contributed by atoms with Crippen LogP contribution in [0.5, 0.6) is 0 Å². The fourth-order valence-electron chi connectivity index (χ4n) is 2.49. The fourth-order valence-corrected chi connectivity index (χ4v) is 4.39. The summed E-state index contributed by atoms with van der Waals surface area (Å²) in [7, 11) is 0. The Morgan fingerprint density at radius 2 is 1.24 bits per heavy atom. The van der Waals surface area contributed by atoms with Crippen molar-refractivity contribution in [3.63, 3.8) is 0 Å². The van der Waals surface area contributed by atoms with E-state index in [1.54, 1.807) is 0 Å². The Labute approximate surface area is 159 Å². The lowest BCUT2D eigenvalue weighted by molar-refractivity contribution is 0.986. The third kappa shape index (κ3) is 6.49. The highest BCUT2D eigenvalue weighted by molar-refractivity contribution is 8.03. The molecule has 3 aromatic rings. The molecule has 0 heterocycles. The number of benzene rings is 3. The van der Waals surface area contributed by atoms with Crippen LogP contribution in [0.25, 0.3) is 0 Å². The predicted octanol–water partition coefficient (Wildman–Crippen LogP) is 7.09. The predicted molar refractivity (Wildman–Crippen MR) is 112 cm³/mol. The normalized spacial score (nSPS) is 11.4. The summed E-state index contributed by atoms with van der Waals surface area (Å²) >= 11 is 3.78. The maximum Gasteiger partial charge on any atom is 0.0171 e. The molecule has 0 atom stereocenters. The van der Waals surface area contributed by atoms with Gasteiger partial charge >= 0.3 is 0 Å². The van der Waals surface area contributed by atoms with Gasteiger partial charge in [0.1, 0.15) is 0 Å². The van der Waals surface area contributed by atoms with E-state index >= 15 is 0 Å². The first-order valence-corrected chi connectivity index (χ1v) is 10.3. The molecule has 0 aliphatic carbocycles. The molecule has 0 saturated carbocycles. The van der Waals surface area contributed by atoms with Crippen LogP contribution < -0.4 is 0 Å². The summed E-state index contributed by atoms with van der Waals surface area (Å²) in [6.07, 6.45) is 4.56. The van der Waals surface area contributed by atoms with Crippen LogP contribution in [-0.2, 0) is 6.42 Å². The molecule has 2 heteroatoms. The van der Waals surface area contributed by atoms with Crippen LogP contribution in [0.2, 0.25) is 0 Å². The van der Waals surface area contributed by atoms with E-state index in [1.165, 1.54) is 20.3 Å². The van der Waals surface area contributed by atoms with Crippen molar-refractivity contribution in [1.82, 2.24) is 0 Å². The minimum Gasteiger partial charge on any atom is -0.122 e. The summed E-state index contributed by atoms with van der Waals surface area (Å²) in [5.74, 6) is 1.01. The van der Waals surface area contributed by atoms with Gasteiger partial charge in [0.15, 0.2) is 0 Å². The lowest BCUT2D eigenvalue weighted by Gasteiger charge is -2.08. The van der Waals surface area contributed by atoms with Crippen molar-refractivity contribution in [2.24, 2.45) is 0 Å². The average molecular weight is 363 g/mol. The molecular weight excluding hydrogens is 340 g/mol. The van der Waals surface area contributed by atoms with E-state index in [0.717, 1.165) is 18.6 Å². The monoisotopic (exact) mass is 362 g/mol. The Kier molecular flexibility index (Phi) is 7.29. The summed E-state index contributed by atoms with van der Waals surface area (Å²) < 4.78 is 0. The minimum absolute atomic E-state index is 1.01. The fraction of sp³-hybridized carbons (Fsp3) is 0.130. The molecule has 0 aliphatic rings. The van der Waals surface area contributed by atoms with Crippen molar-refractivity contribution in [2.45, 2.75) is 22.6 Å². The van der Waals surface area contributed by atoms with Gasteiger partial charge in [0, 0.05) is 15.5 Å². The molecule has 0 unspecified atom stereocenters. The Hall–Kier alpha value is -1.90. The lowest BCUT2D eigenvalue weighted by atomic mass is 10.1. The number of rotatable bonds is 8. The summed E-state index contributed by atoms with van der Waals surface area (Å²) in [5.41, 5.74) is 1.40. The molecule has 3 rings (SSSR count). The number of hydrogen-bond donors (Lipinski definition) is 0. The summed E-state index contributed by atoms with van der Waals surface area (Å²) in [5, 5.41) is 0. The molecule has 0 nitrogen and oxygen atoms in total. The van der Waals surface area contributed by atoms with E-state index < -0.39 is 0 Å². The quantitative estimate of drug-likeness (QED) is 0.392. The van der Waals surface area contributed by atoms with Crippen molar-refractivity contribution < 1.29 is 0 Å². The molecule has 0 spiro atoms. The zero-order valence-electron chi connectivity index (χ0n) is 14.2. The first kappa shape index (κ1) is 17.9. The highest BCUT2D eigenvalue weighted by atomic mass is 32.2. The topological polar surface area (TPSA) is 0 Å². The number of allylic oxidation sites excluding steroid dienone is 1. The highest BCUT2D eigenvalue weighted by Crippen LogP contribution is 2.30. The van der Waals surface area contributed by atoms with Crippen LogP contribution >= 0.6 is 23.5 Å². The van der Waals surface area contributed by atoms with Crippen LogP contribution in [0.1, 0.15) is 12.0 Å². The molecule has 0 saturated heterocycles. The molecule has 0 radical (unpaired) electrons. The van der Waals surface area contributed by atoms with E-state index in [0.29, 0.717) is 0 Å². The van der Waals surface area contributed by atoms with E-state index in [-0.39, 0.29) is 0 Å². The van der Waals surface area contributed by atoms with Crippen LogP contribution in [0.15, 0.2) is 112 Å². The molecule has 0 amide bonds. The summed E-state index contributed by atoms with van der Waals surface area (Å²) in [4.78, 5) is 4.08. The van der Waals surface area contributed by atoms with E-state index in [9.17, 15) is 0 Å². The zero-order valence-corrected chi connectivity index (χ0v) is 15.8. The maximum atomic E-state index is 2.39. The van der Waals surface area contributed by atoms with Crippen molar-refractivity contribution in [3.05, 3.63) is 108 Å². The summed E-state index contributed by atoms with van der Waals surface area (Å²) in [6, 6.07) is 32.0. The lowest BCUT2D eigenvalue weighted by Crippen LogP contribution is -1.88. The van der Waals surface area contributed by atoms with Crippen LogP contribution in [0.4, 0.5) is 0 Å². The second-order valence-corrected chi connectivity index (χ2v) is 7.99. The van der Waals surface area contributed by atoms with Gasteiger partial charge in [-0.05, 0) is 47.6 Å². The first-order valence-electron chi connectivity index (χ1n) is 8.54. The third-order valence-corrected chi connectivity index (χ3v) is 5.88. The second-order valence-electron chi connectivity index (χ2n) is 5.70. The number of aryl methyl sites for hydroxylation is 1.